The van der Waals surface area contributed by atoms with Crippen molar-refractivity contribution in [1.82, 2.24) is 4.57 Å². The average molecular weight is 191 g/mol. The van der Waals surface area contributed by atoms with Crippen molar-refractivity contribution >= 4 is 10.9 Å². The van der Waals surface area contributed by atoms with Crippen LogP contribution in [0.25, 0.3) is 10.9 Å². The largest absolute Gasteiger partial charge is 0.345 e. The van der Waals surface area contributed by atoms with Crippen molar-refractivity contribution in [2.75, 3.05) is 0 Å². The summed E-state index contributed by atoms with van der Waals surface area (Å²) in [5, 5.41) is 0.439. The van der Waals surface area contributed by atoms with Crippen molar-refractivity contribution in [2.45, 2.75) is 13.5 Å². The molecule has 72 valence electrons. The van der Waals surface area contributed by atoms with Gasteiger partial charge in [0.15, 0.2) is 5.43 Å². The zero-order valence-electron chi connectivity index (χ0n) is 7.83. The fraction of sp³-hybridized carbons (Fsp3) is 0.182. The lowest BCUT2D eigenvalue weighted by Crippen LogP contribution is -2.08. The number of hydrogen-bond donors (Lipinski definition) is 0. The van der Waals surface area contributed by atoms with Crippen molar-refractivity contribution in [3.05, 3.63) is 46.5 Å². The summed E-state index contributed by atoms with van der Waals surface area (Å²) < 4.78 is 15.2. The second-order valence-electron chi connectivity index (χ2n) is 3.10. The van der Waals surface area contributed by atoms with E-state index in [2.05, 4.69) is 0 Å². The van der Waals surface area contributed by atoms with E-state index in [1.54, 1.807) is 22.9 Å². The highest BCUT2D eigenvalue weighted by molar-refractivity contribution is 5.79. The molecule has 1 heterocycles. The summed E-state index contributed by atoms with van der Waals surface area (Å²) in [6.07, 6.45) is 1.62. The van der Waals surface area contributed by atoms with E-state index >= 15 is 0 Å². The fourth-order valence-corrected chi connectivity index (χ4v) is 1.59. The van der Waals surface area contributed by atoms with Gasteiger partial charge in [0.25, 0.3) is 0 Å². The van der Waals surface area contributed by atoms with Gasteiger partial charge in [-0.3, -0.25) is 4.79 Å². The monoisotopic (exact) mass is 191 g/mol. The van der Waals surface area contributed by atoms with E-state index in [1.807, 2.05) is 6.92 Å². The second kappa shape index (κ2) is 3.25. The zero-order chi connectivity index (χ0) is 10.1. The minimum absolute atomic E-state index is 0.135. The molecule has 1 aromatic heterocycles. The Bertz CT molecular complexity index is 530. The number of rotatable bonds is 1. The number of fused-ring (bicyclic) bond motifs is 1. The van der Waals surface area contributed by atoms with Crippen LogP contribution in [-0.4, -0.2) is 4.57 Å². The van der Waals surface area contributed by atoms with Gasteiger partial charge in [-0.05, 0) is 19.1 Å². The van der Waals surface area contributed by atoms with E-state index < -0.39 is 0 Å². The zero-order valence-corrected chi connectivity index (χ0v) is 7.83. The molecule has 2 aromatic rings. The number of aromatic nitrogens is 1. The summed E-state index contributed by atoms with van der Waals surface area (Å²) in [5.41, 5.74) is 0.256. The average Bonchev–Trinajstić information content (AvgIpc) is 2.20. The lowest BCUT2D eigenvalue weighted by molar-refractivity contribution is 0.624. The van der Waals surface area contributed by atoms with E-state index in [4.69, 9.17) is 0 Å². The van der Waals surface area contributed by atoms with Gasteiger partial charge in [-0.2, -0.15) is 0 Å². The molecule has 0 N–H and O–H groups in total. The Morgan fingerprint density at radius 1 is 1.36 bits per heavy atom. The van der Waals surface area contributed by atoms with Gasteiger partial charge >= 0.3 is 0 Å². The maximum absolute atomic E-state index is 13.5. The van der Waals surface area contributed by atoms with Crippen LogP contribution >= 0.6 is 0 Å². The van der Waals surface area contributed by atoms with Crippen LogP contribution in [0.2, 0.25) is 0 Å². The maximum Gasteiger partial charge on any atom is 0.189 e. The Hall–Kier alpha value is -1.64. The number of nitrogens with zero attached hydrogens (tertiary/aromatic N) is 1. The van der Waals surface area contributed by atoms with E-state index in [1.165, 1.54) is 12.1 Å². The summed E-state index contributed by atoms with van der Waals surface area (Å²) in [4.78, 5) is 11.4. The highest BCUT2D eigenvalue weighted by Crippen LogP contribution is 2.13. The van der Waals surface area contributed by atoms with Crippen LogP contribution in [0.3, 0.4) is 0 Å². The summed E-state index contributed by atoms with van der Waals surface area (Å²) in [6, 6.07) is 6.03. The van der Waals surface area contributed by atoms with Gasteiger partial charge in [-0.25, -0.2) is 4.39 Å². The van der Waals surface area contributed by atoms with Gasteiger partial charge in [0.2, 0.25) is 0 Å². The van der Waals surface area contributed by atoms with Crippen molar-refractivity contribution in [1.29, 1.82) is 0 Å². The minimum atomic E-state index is -0.345. The minimum Gasteiger partial charge on any atom is -0.345 e. The molecular formula is C11H10FNO. The Morgan fingerprint density at radius 2 is 2.14 bits per heavy atom. The van der Waals surface area contributed by atoms with Crippen LogP contribution in [0.1, 0.15) is 6.92 Å². The van der Waals surface area contributed by atoms with E-state index in [0.717, 1.165) is 0 Å². The van der Waals surface area contributed by atoms with Crippen LogP contribution in [0.15, 0.2) is 35.3 Å². The predicted octanol–water partition coefficient (Wildman–Crippen LogP) is 2.16. The number of aryl methyl sites for hydroxylation is 1. The third-order valence-electron chi connectivity index (χ3n) is 2.29. The van der Waals surface area contributed by atoms with Crippen LogP contribution in [-0.2, 0) is 6.54 Å². The molecule has 0 bridgehead atoms. The van der Waals surface area contributed by atoms with Crippen molar-refractivity contribution < 1.29 is 4.39 Å². The number of halogens is 1. The number of para-hydroxylation sites is 1. The second-order valence-corrected chi connectivity index (χ2v) is 3.10. The van der Waals surface area contributed by atoms with Crippen LogP contribution in [0.5, 0.6) is 0 Å². The Morgan fingerprint density at radius 3 is 2.86 bits per heavy atom. The molecule has 0 aliphatic rings. The molecule has 0 saturated heterocycles. The first-order chi connectivity index (χ1) is 6.74. The van der Waals surface area contributed by atoms with Crippen LogP contribution < -0.4 is 5.43 Å². The highest BCUT2D eigenvalue weighted by atomic mass is 19.1. The van der Waals surface area contributed by atoms with Gasteiger partial charge in [0.05, 0.1) is 5.52 Å². The van der Waals surface area contributed by atoms with Gasteiger partial charge in [0, 0.05) is 24.2 Å². The quantitative estimate of drug-likeness (QED) is 0.677. The van der Waals surface area contributed by atoms with Gasteiger partial charge in [0.1, 0.15) is 5.82 Å². The topological polar surface area (TPSA) is 22.0 Å². The Kier molecular flexibility index (Phi) is 2.08. The van der Waals surface area contributed by atoms with Crippen molar-refractivity contribution in [2.24, 2.45) is 0 Å². The molecule has 0 atom stereocenters. The molecule has 0 fully saturated rings. The fourth-order valence-electron chi connectivity index (χ4n) is 1.59. The summed E-state index contributed by atoms with van der Waals surface area (Å²) >= 11 is 0. The molecule has 0 amide bonds. The molecule has 1 aromatic carbocycles. The normalized spacial score (nSPS) is 10.7. The predicted molar refractivity (Wildman–Crippen MR) is 53.8 cm³/mol. The Balaban J connectivity index is 3.00. The molecular weight excluding hydrogens is 181 g/mol. The summed E-state index contributed by atoms with van der Waals surface area (Å²) in [7, 11) is 0. The molecule has 0 radical (unpaired) electrons. The third-order valence-corrected chi connectivity index (χ3v) is 2.29. The number of pyridine rings is 1. The van der Waals surface area contributed by atoms with E-state index in [-0.39, 0.29) is 11.2 Å². The first-order valence-corrected chi connectivity index (χ1v) is 4.51. The Labute approximate surface area is 80.6 Å². The lowest BCUT2D eigenvalue weighted by Gasteiger charge is -2.07. The van der Waals surface area contributed by atoms with Crippen LogP contribution in [0, 0.1) is 5.82 Å². The number of benzene rings is 1. The molecule has 0 spiro atoms. The lowest BCUT2D eigenvalue weighted by atomic mass is 10.2. The number of hydrogen-bond acceptors (Lipinski definition) is 1. The third kappa shape index (κ3) is 1.21. The molecule has 0 aliphatic carbocycles. The van der Waals surface area contributed by atoms with Gasteiger partial charge in [-0.15, -0.1) is 0 Å². The summed E-state index contributed by atoms with van der Waals surface area (Å²) in [5.74, 6) is -0.345. The first kappa shape index (κ1) is 8.94. The van der Waals surface area contributed by atoms with E-state index in [9.17, 15) is 9.18 Å². The standard InChI is InChI=1S/C11H10FNO/c1-2-13-7-6-10(14)8-4-3-5-9(12)11(8)13/h3-7H,2H2,1H3. The molecule has 0 unspecified atom stereocenters. The van der Waals surface area contributed by atoms with Gasteiger partial charge in [-0.1, -0.05) is 6.07 Å². The molecule has 14 heavy (non-hydrogen) atoms. The van der Waals surface area contributed by atoms with Crippen molar-refractivity contribution in [3.63, 3.8) is 0 Å². The molecule has 0 saturated carbocycles. The van der Waals surface area contributed by atoms with Crippen LogP contribution in [0.4, 0.5) is 4.39 Å². The molecule has 2 nitrogen and oxygen atoms in total. The highest BCUT2D eigenvalue weighted by Gasteiger charge is 2.05. The molecule has 2 rings (SSSR count). The summed E-state index contributed by atoms with van der Waals surface area (Å²) in [6.45, 7) is 2.56. The smallest absolute Gasteiger partial charge is 0.189 e. The SMILES string of the molecule is CCn1ccc(=O)c2cccc(F)c21. The maximum atomic E-state index is 13.5. The molecule has 3 heteroatoms. The van der Waals surface area contributed by atoms with E-state index in [0.29, 0.717) is 17.4 Å². The first-order valence-electron chi connectivity index (χ1n) is 4.51. The van der Waals surface area contributed by atoms with Crippen molar-refractivity contribution in [3.8, 4) is 0 Å². The van der Waals surface area contributed by atoms with Gasteiger partial charge < -0.3 is 4.57 Å². The molecule has 0 aliphatic heterocycles.